The molecule has 0 saturated heterocycles. The van der Waals surface area contributed by atoms with E-state index in [0.29, 0.717) is 0 Å². The highest BCUT2D eigenvalue weighted by Gasteiger charge is 2.18. The molecule has 0 spiro atoms. The van der Waals surface area contributed by atoms with Crippen LogP contribution in [0.1, 0.15) is 32.6 Å². The van der Waals surface area contributed by atoms with E-state index in [9.17, 15) is 0 Å². The fourth-order valence-electron chi connectivity index (χ4n) is 1.90. The molecule has 0 nitrogen and oxygen atoms in total. The van der Waals surface area contributed by atoms with Crippen LogP contribution in [0.3, 0.4) is 0 Å². The first-order valence-corrected chi connectivity index (χ1v) is 9.31. The molecule has 0 radical (unpaired) electrons. The van der Waals surface area contributed by atoms with Gasteiger partial charge < -0.3 is 0 Å². The molecule has 0 saturated carbocycles. The van der Waals surface area contributed by atoms with E-state index < -0.39 is 8.07 Å². The molecule has 0 rings (SSSR count). The first kappa shape index (κ1) is 13.0. The zero-order valence-electron chi connectivity index (χ0n) is 9.90. The maximum Gasteiger partial charge on any atom is 0.0445 e. The Balaban J connectivity index is 3.86. The summed E-state index contributed by atoms with van der Waals surface area (Å²) in [6.07, 6.45) is 7.46. The zero-order valence-corrected chi connectivity index (χ0v) is 10.9. The van der Waals surface area contributed by atoms with Crippen LogP contribution in [0.4, 0.5) is 0 Å². The van der Waals surface area contributed by atoms with E-state index in [4.69, 9.17) is 0 Å². The second-order valence-electron chi connectivity index (χ2n) is 5.30. The van der Waals surface area contributed by atoms with Gasteiger partial charge in [-0.2, -0.15) is 0 Å². The Morgan fingerprint density at radius 3 is 2.31 bits per heavy atom. The molecule has 13 heavy (non-hydrogen) atoms. The van der Waals surface area contributed by atoms with Crippen molar-refractivity contribution in [3.63, 3.8) is 0 Å². The van der Waals surface area contributed by atoms with Gasteiger partial charge in [-0.1, -0.05) is 57.9 Å². The standard InChI is InChI=1S/C12H26Si/c1-6-8-10-12(9-7-2)11-13(3,4)5/h7,12H,2,6,8-11H2,1,3-5H3. The molecule has 0 bridgehead atoms. The quantitative estimate of drug-likeness (QED) is 0.410. The van der Waals surface area contributed by atoms with E-state index in [2.05, 4.69) is 39.2 Å². The van der Waals surface area contributed by atoms with E-state index in [-0.39, 0.29) is 0 Å². The number of unbranched alkanes of at least 4 members (excludes halogenated alkanes) is 1. The summed E-state index contributed by atoms with van der Waals surface area (Å²) in [6.45, 7) is 13.5. The topological polar surface area (TPSA) is 0 Å². The molecule has 0 N–H and O–H groups in total. The average molecular weight is 198 g/mol. The van der Waals surface area contributed by atoms with Crippen LogP contribution in [0.15, 0.2) is 12.7 Å². The molecule has 0 fully saturated rings. The Hall–Kier alpha value is -0.0431. The van der Waals surface area contributed by atoms with Gasteiger partial charge in [0.05, 0.1) is 0 Å². The van der Waals surface area contributed by atoms with E-state index >= 15 is 0 Å². The summed E-state index contributed by atoms with van der Waals surface area (Å²) in [4.78, 5) is 0. The van der Waals surface area contributed by atoms with Gasteiger partial charge in [0, 0.05) is 8.07 Å². The predicted octanol–water partition coefficient (Wildman–Crippen LogP) is 4.71. The van der Waals surface area contributed by atoms with Crippen LogP contribution >= 0.6 is 0 Å². The van der Waals surface area contributed by atoms with Crippen LogP contribution in [-0.4, -0.2) is 8.07 Å². The SMILES string of the molecule is C=CCC(CCCC)C[Si](C)(C)C. The van der Waals surface area contributed by atoms with Gasteiger partial charge >= 0.3 is 0 Å². The summed E-state index contributed by atoms with van der Waals surface area (Å²) in [5, 5.41) is 0. The van der Waals surface area contributed by atoms with Crippen molar-refractivity contribution in [1.82, 2.24) is 0 Å². The molecule has 78 valence electrons. The highest BCUT2D eigenvalue weighted by molar-refractivity contribution is 6.76. The predicted molar refractivity (Wildman–Crippen MR) is 66.0 cm³/mol. The first-order valence-electron chi connectivity index (χ1n) is 5.60. The van der Waals surface area contributed by atoms with E-state index in [0.717, 1.165) is 5.92 Å². The van der Waals surface area contributed by atoms with Crippen molar-refractivity contribution in [2.24, 2.45) is 5.92 Å². The molecule has 0 aromatic rings. The molecule has 0 heterocycles. The van der Waals surface area contributed by atoms with E-state index in [1.54, 1.807) is 0 Å². The number of allylic oxidation sites excluding steroid dienone is 1. The van der Waals surface area contributed by atoms with Gasteiger partial charge in [-0.15, -0.1) is 6.58 Å². The average Bonchev–Trinajstić information content (AvgIpc) is 1.98. The fourth-order valence-corrected chi connectivity index (χ4v) is 4.00. The summed E-state index contributed by atoms with van der Waals surface area (Å²) in [5.74, 6) is 0.920. The van der Waals surface area contributed by atoms with Crippen LogP contribution in [0, 0.1) is 5.92 Å². The van der Waals surface area contributed by atoms with Crippen molar-refractivity contribution in [3.05, 3.63) is 12.7 Å². The largest absolute Gasteiger partial charge is 0.103 e. The summed E-state index contributed by atoms with van der Waals surface area (Å²) < 4.78 is 0. The third-order valence-electron chi connectivity index (χ3n) is 2.37. The summed E-state index contributed by atoms with van der Waals surface area (Å²) in [7, 11) is -0.855. The third-order valence-corrected chi connectivity index (χ3v) is 4.17. The van der Waals surface area contributed by atoms with Gasteiger partial charge in [0.2, 0.25) is 0 Å². The lowest BCUT2D eigenvalue weighted by Crippen LogP contribution is -2.23. The van der Waals surface area contributed by atoms with Crippen molar-refractivity contribution < 1.29 is 0 Å². The van der Waals surface area contributed by atoms with Crippen molar-refractivity contribution in [3.8, 4) is 0 Å². The minimum absolute atomic E-state index is 0.855. The summed E-state index contributed by atoms with van der Waals surface area (Å²) in [5.41, 5.74) is 0. The molecular weight excluding hydrogens is 172 g/mol. The molecule has 0 amide bonds. The monoisotopic (exact) mass is 198 g/mol. The molecule has 1 atom stereocenters. The van der Waals surface area contributed by atoms with E-state index in [1.165, 1.54) is 31.7 Å². The summed E-state index contributed by atoms with van der Waals surface area (Å²) in [6, 6.07) is 1.47. The Labute approximate surface area is 85.4 Å². The summed E-state index contributed by atoms with van der Waals surface area (Å²) >= 11 is 0. The molecule has 1 heteroatoms. The van der Waals surface area contributed by atoms with Crippen LogP contribution in [0.25, 0.3) is 0 Å². The lowest BCUT2D eigenvalue weighted by Gasteiger charge is -2.23. The second-order valence-corrected chi connectivity index (χ2v) is 10.8. The van der Waals surface area contributed by atoms with E-state index in [1.807, 2.05) is 0 Å². The van der Waals surface area contributed by atoms with Crippen molar-refractivity contribution in [2.45, 2.75) is 58.3 Å². The smallest absolute Gasteiger partial charge is 0.0445 e. The van der Waals surface area contributed by atoms with Gasteiger partial charge in [0.15, 0.2) is 0 Å². The van der Waals surface area contributed by atoms with Gasteiger partial charge in [0.25, 0.3) is 0 Å². The molecule has 0 aromatic heterocycles. The minimum atomic E-state index is -0.855. The minimum Gasteiger partial charge on any atom is -0.103 e. The highest BCUT2D eigenvalue weighted by Crippen LogP contribution is 2.24. The number of hydrogen-bond donors (Lipinski definition) is 0. The molecule has 0 aliphatic carbocycles. The van der Waals surface area contributed by atoms with Crippen molar-refractivity contribution in [2.75, 3.05) is 0 Å². The number of hydrogen-bond acceptors (Lipinski definition) is 0. The maximum atomic E-state index is 3.85. The normalized spacial score (nSPS) is 14.2. The van der Waals surface area contributed by atoms with Crippen LogP contribution in [0.2, 0.25) is 25.7 Å². The van der Waals surface area contributed by atoms with Crippen LogP contribution in [-0.2, 0) is 0 Å². The van der Waals surface area contributed by atoms with Gasteiger partial charge in [-0.05, 0) is 12.3 Å². The van der Waals surface area contributed by atoms with Crippen molar-refractivity contribution in [1.29, 1.82) is 0 Å². The lowest BCUT2D eigenvalue weighted by atomic mass is 10.0. The molecular formula is C12H26Si. The highest BCUT2D eigenvalue weighted by atomic mass is 28.3. The van der Waals surface area contributed by atoms with Gasteiger partial charge in [-0.3, -0.25) is 0 Å². The fraction of sp³-hybridized carbons (Fsp3) is 0.833. The zero-order chi connectivity index (χ0) is 10.3. The van der Waals surface area contributed by atoms with Gasteiger partial charge in [0.1, 0.15) is 0 Å². The van der Waals surface area contributed by atoms with Crippen LogP contribution in [0.5, 0.6) is 0 Å². The van der Waals surface area contributed by atoms with Gasteiger partial charge in [-0.25, -0.2) is 0 Å². The third kappa shape index (κ3) is 8.29. The molecule has 0 aliphatic rings. The molecule has 0 aliphatic heterocycles. The molecule has 1 unspecified atom stereocenters. The van der Waals surface area contributed by atoms with Crippen molar-refractivity contribution >= 4 is 8.07 Å². The Kier molecular flexibility index (Phi) is 6.40. The van der Waals surface area contributed by atoms with Crippen LogP contribution < -0.4 is 0 Å². The Morgan fingerprint density at radius 1 is 1.31 bits per heavy atom. The maximum absolute atomic E-state index is 3.85. The first-order chi connectivity index (χ1) is 5.99. The Bertz CT molecular complexity index is 133. The second kappa shape index (κ2) is 6.42. The lowest BCUT2D eigenvalue weighted by molar-refractivity contribution is 0.506. The number of rotatable bonds is 7. The molecule has 0 aromatic carbocycles. The Morgan fingerprint density at radius 2 is 1.92 bits per heavy atom.